The number of aromatic nitrogens is 3. The maximum absolute atomic E-state index is 12.1. The molecule has 0 spiro atoms. The van der Waals surface area contributed by atoms with Gasteiger partial charge in [-0.3, -0.25) is 0 Å². The normalized spacial score (nSPS) is 26.9. The number of carbonyl (C=O) groups excluding carboxylic acids is 1. The van der Waals surface area contributed by atoms with Crippen LogP contribution in [0, 0.1) is 6.92 Å². The highest BCUT2D eigenvalue weighted by Gasteiger charge is 2.34. The second kappa shape index (κ2) is 6.70. The number of nitrogens with zero attached hydrogens (tertiary/aromatic N) is 3. The van der Waals surface area contributed by atoms with Gasteiger partial charge in [0.05, 0.1) is 6.04 Å². The predicted molar refractivity (Wildman–Crippen MR) is 90.7 cm³/mol. The summed E-state index contributed by atoms with van der Waals surface area (Å²) in [7, 11) is 0. The molecule has 0 saturated heterocycles. The van der Waals surface area contributed by atoms with Gasteiger partial charge in [0.15, 0.2) is 0 Å². The predicted octanol–water partition coefficient (Wildman–Crippen LogP) is 2.46. The largest absolute Gasteiger partial charge is 0.444 e. The number of ether oxygens (including phenoxy) is 1. The van der Waals surface area contributed by atoms with E-state index in [0.717, 1.165) is 50.3 Å². The molecule has 7 nitrogen and oxygen atoms in total. The Morgan fingerprint density at radius 1 is 1.21 bits per heavy atom. The fourth-order valence-corrected chi connectivity index (χ4v) is 3.68. The zero-order valence-electron chi connectivity index (χ0n) is 15.1. The first-order valence-electron chi connectivity index (χ1n) is 8.99. The number of nitrogens with one attached hydrogen (secondary N) is 2. The van der Waals surface area contributed by atoms with Gasteiger partial charge < -0.3 is 15.4 Å². The van der Waals surface area contributed by atoms with E-state index in [9.17, 15) is 4.79 Å². The fraction of sp³-hybridized carbons (Fsp3) is 0.824. The number of hydrogen-bond donors (Lipinski definition) is 2. The lowest BCUT2D eigenvalue weighted by atomic mass is 10.0. The third-order valence-electron chi connectivity index (χ3n) is 4.61. The van der Waals surface area contributed by atoms with Crippen molar-refractivity contribution < 1.29 is 9.53 Å². The van der Waals surface area contributed by atoms with Crippen molar-refractivity contribution in [3.63, 3.8) is 0 Å². The Morgan fingerprint density at radius 3 is 2.71 bits per heavy atom. The summed E-state index contributed by atoms with van der Waals surface area (Å²) in [4.78, 5) is 16.7. The molecule has 1 amide bonds. The van der Waals surface area contributed by atoms with Crippen LogP contribution in [-0.4, -0.2) is 38.5 Å². The number of hydrogen-bond acceptors (Lipinski definition) is 5. The molecule has 1 aliphatic carbocycles. The number of carbonyl (C=O) groups is 1. The van der Waals surface area contributed by atoms with Crippen LogP contribution in [0.4, 0.5) is 4.79 Å². The average molecular weight is 335 g/mol. The van der Waals surface area contributed by atoms with Gasteiger partial charge in [-0.15, -0.1) is 0 Å². The third kappa shape index (κ3) is 4.06. The highest BCUT2D eigenvalue weighted by Crippen LogP contribution is 2.28. The summed E-state index contributed by atoms with van der Waals surface area (Å²) in [5.74, 6) is 1.86. The van der Waals surface area contributed by atoms with E-state index >= 15 is 0 Å². The van der Waals surface area contributed by atoms with Crippen molar-refractivity contribution in [3.05, 3.63) is 11.6 Å². The first-order chi connectivity index (χ1) is 11.3. The summed E-state index contributed by atoms with van der Waals surface area (Å²) in [5.41, 5.74) is -0.469. The number of amides is 1. The van der Waals surface area contributed by atoms with Crippen LogP contribution < -0.4 is 10.6 Å². The highest BCUT2D eigenvalue weighted by atomic mass is 16.6. The molecule has 7 heteroatoms. The average Bonchev–Trinajstić information content (AvgIpc) is 3.03. The summed E-state index contributed by atoms with van der Waals surface area (Å²) in [6.45, 7) is 8.53. The van der Waals surface area contributed by atoms with E-state index in [0.29, 0.717) is 0 Å². The van der Waals surface area contributed by atoms with E-state index in [1.165, 1.54) is 0 Å². The number of rotatable bonds is 3. The van der Waals surface area contributed by atoms with Crippen LogP contribution in [0.25, 0.3) is 0 Å². The summed E-state index contributed by atoms with van der Waals surface area (Å²) >= 11 is 0. The maximum Gasteiger partial charge on any atom is 0.407 e. The van der Waals surface area contributed by atoms with Crippen molar-refractivity contribution in [1.82, 2.24) is 25.4 Å². The zero-order valence-corrected chi connectivity index (χ0v) is 15.1. The van der Waals surface area contributed by atoms with Gasteiger partial charge in [0.25, 0.3) is 0 Å². The smallest absolute Gasteiger partial charge is 0.407 e. The van der Waals surface area contributed by atoms with Crippen LogP contribution in [0.1, 0.15) is 70.6 Å². The number of alkyl carbamates (subject to hydrolysis) is 1. The molecular formula is C17H29N5O2. The molecule has 1 aliphatic heterocycles. The van der Waals surface area contributed by atoms with Crippen molar-refractivity contribution in [2.75, 3.05) is 0 Å². The van der Waals surface area contributed by atoms with E-state index in [4.69, 9.17) is 4.74 Å². The Kier molecular flexibility index (Phi) is 4.80. The monoisotopic (exact) mass is 335 g/mol. The minimum atomic E-state index is -0.469. The van der Waals surface area contributed by atoms with Crippen molar-refractivity contribution in [2.45, 2.75) is 90.1 Å². The lowest BCUT2D eigenvalue weighted by molar-refractivity contribution is 0.0496. The Labute approximate surface area is 143 Å². The lowest BCUT2D eigenvalue weighted by Gasteiger charge is -2.30. The van der Waals surface area contributed by atoms with Crippen LogP contribution >= 0.6 is 0 Å². The number of aryl methyl sites for hydroxylation is 2. The quantitative estimate of drug-likeness (QED) is 0.887. The van der Waals surface area contributed by atoms with Crippen LogP contribution in [0.5, 0.6) is 0 Å². The van der Waals surface area contributed by atoms with E-state index in [-0.39, 0.29) is 24.2 Å². The summed E-state index contributed by atoms with van der Waals surface area (Å²) < 4.78 is 7.41. The molecule has 1 aromatic rings. The second-order valence-corrected chi connectivity index (χ2v) is 7.89. The molecule has 2 heterocycles. The van der Waals surface area contributed by atoms with Crippen LogP contribution in [-0.2, 0) is 11.3 Å². The minimum absolute atomic E-state index is 0.110. The van der Waals surface area contributed by atoms with Crippen LogP contribution in [0.15, 0.2) is 0 Å². The molecule has 134 valence electrons. The highest BCUT2D eigenvalue weighted by molar-refractivity contribution is 5.68. The summed E-state index contributed by atoms with van der Waals surface area (Å²) in [6, 6.07) is 0.580. The molecule has 24 heavy (non-hydrogen) atoms. The molecule has 0 unspecified atom stereocenters. The lowest BCUT2D eigenvalue weighted by Crippen LogP contribution is -2.49. The molecule has 1 fully saturated rings. The standard InChI is InChI=1S/C17H29N5O2/c1-11-18-15-14(9-6-10-22(15)21-11)19-12-7-5-8-13(12)20-16(23)24-17(2,3)4/h12-14,19H,5-10H2,1-4H3,(H,20,23)/t12-,13+,14-/m0/s1. The van der Waals surface area contributed by atoms with E-state index in [2.05, 4.69) is 20.7 Å². The van der Waals surface area contributed by atoms with Gasteiger partial charge in [-0.2, -0.15) is 5.10 Å². The van der Waals surface area contributed by atoms with Crippen LogP contribution in [0.2, 0.25) is 0 Å². The minimum Gasteiger partial charge on any atom is -0.444 e. The molecule has 0 radical (unpaired) electrons. The molecule has 3 atom stereocenters. The van der Waals surface area contributed by atoms with Gasteiger partial charge >= 0.3 is 6.09 Å². The van der Waals surface area contributed by atoms with Gasteiger partial charge in [-0.05, 0) is 59.8 Å². The topological polar surface area (TPSA) is 81.1 Å². The molecule has 1 saturated carbocycles. The van der Waals surface area contributed by atoms with Crippen molar-refractivity contribution in [1.29, 1.82) is 0 Å². The SMILES string of the molecule is Cc1nc2n(n1)CCC[C@@H]2N[C@H]1CCC[C@H]1NC(=O)OC(C)(C)C. The van der Waals surface area contributed by atoms with Crippen molar-refractivity contribution in [2.24, 2.45) is 0 Å². The first-order valence-corrected chi connectivity index (χ1v) is 8.99. The Hall–Kier alpha value is -1.63. The van der Waals surface area contributed by atoms with Crippen LogP contribution in [0.3, 0.4) is 0 Å². The van der Waals surface area contributed by atoms with Crippen molar-refractivity contribution >= 4 is 6.09 Å². The van der Waals surface area contributed by atoms with Gasteiger partial charge in [-0.25, -0.2) is 14.5 Å². The van der Waals surface area contributed by atoms with Gasteiger partial charge in [-0.1, -0.05) is 0 Å². The molecule has 3 rings (SSSR count). The molecule has 2 aliphatic rings. The second-order valence-electron chi connectivity index (χ2n) is 7.89. The van der Waals surface area contributed by atoms with E-state index in [1.807, 2.05) is 32.4 Å². The zero-order chi connectivity index (χ0) is 17.3. The molecular weight excluding hydrogens is 306 g/mol. The molecule has 0 aromatic carbocycles. The van der Waals surface area contributed by atoms with E-state index in [1.54, 1.807) is 0 Å². The van der Waals surface area contributed by atoms with E-state index < -0.39 is 5.60 Å². The Balaban J connectivity index is 1.61. The molecule has 2 N–H and O–H groups in total. The Morgan fingerprint density at radius 2 is 1.96 bits per heavy atom. The first kappa shape index (κ1) is 17.2. The molecule has 0 bridgehead atoms. The maximum atomic E-state index is 12.1. The van der Waals surface area contributed by atoms with Gasteiger partial charge in [0, 0.05) is 18.6 Å². The molecule has 1 aromatic heterocycles. The summed E-state index contributed by atoms with van der Waals surface area (Å²) in [5, 5.41) is 11.2. The Bertz CT molecular complexity index is 592. The van der Waals surface area contributed by atoms with Gasteiger partial charge in [0.1, 0.15) is 17.2 Å². The summed E-state index contributed by atoms with van der Waals surface area (Å²) in [6.07, 6.45) is 4.98. The third-order valence-corrected chi connectivity index (χ3v) is 4.61. The van der Waals surface area contributed by atoms with Crippen molar-refractivity contribution in [3.8, 4) is 0 Å². The fourth-order valence-electron chi connectivity index (χ4n) is 3.68. The van der Waals surface area contributed by atoms with Gasteiger partial charge in [0.2, 0.25) is 0 Å². The number of fused-ring (bicyclic) bond motifs is 1.